The van der Waals surface area contributed by atoms with E-state index in [9.17, 15) is 4.39 Å². The first-order valence-corrected chi connectivity index (χ1v) is 7.05. The van der Waals surface area contributed by atoms with Crippen LogP contribution in [0.4, 0.5) is 4.39 Å². The second kappa shape index (κ2) is 5.99. The maximum atomic E-state index is 13.2. The maximum absolute atomic E-state index is 13.2. The van der Waals surface area contributed by atoms with Crippen molar-refractivity contribution in [3.8, 4) is 17.0 Å². The van der Waals surface area contributed by atoms with Crippen LogP contribution in [0, 0.1) is 5.82 Å². The van der Waals surface area contributed by atoms with E-state index in [0.29, 0.717) is 17.4 Å². The predicted octanol–water partition coefficient (Wildman–Crippen LogP) is 3.99. The summed E-state index contributed by atoms with van der Waals surface area (Å²) in [6, 6.07) is 5.13. The van der Waals surface area contributed by atoms with Crippen LogP contribution in [0.15, 0.2) is 36.8 Å². The highest BCUT2D eigenvalue weighted by atomic mass is 19.1. The molecule has 1 aliphatic rings. The van der Waals surface area contributed by atoms with Crippen molar-refractivity contribution in [2.45, 2.75) is 38.2 Å². The number of halogens is 1. The first kappa shape index (κ1) is 13.0. The van der Waals surface area contributed by atoms with Crippen LogP contribution in [0.5, 0.6) is 5.75 Å². The molecule has 0 N–H and O–H groups in total. The summed E-state index contributed by atoms with van der Waals surface area (Å²) in [5, 5.41) is 0. The molecule has 4 heteroatoms. The molecule has 104 valence electrons. The Bertz CT molecular complexity index is 582. The quantitative estimate of drug-likeness (QED) is 0.847. The molecular formula is C16H17FN2O. The van der Waals surface area contributed by atoms with Gasteiger partial charge in [0.1, 0.15) is 11.6 Å². The molecule has 0 bridgehead atoms. The van der Waals surface area contributed by atoms with Crippen molar-refractivity contribution in [2.24, 2.45) is 0 Å². The van der Waals surface area contributed by atoms with E-state index in [0.717, 1.165) is 18.6 Å². The molecule has 0 spiro atoms. The third-order valence-corrected chi connectivity index (χ3v) is 3.59. The van der Waals surface area contributed by atoms with Crippen molar-refractivity contribution in [2.75, 3.05) is 0 Å². The molecule has 0 aliphatic heterocycles. The lowest BCUT2D eigenvalue weighted by Crippen LogP contribution is -2.19. The van der Waals surface area contributed by atoms with Gasteiger partial charge in [-0.15, -0.1) is 0 Å². The van der Waals surface area contributed by atoms with E-state index in [1.54, 1.807) is 12.4 Å². The molecule has 0 unspecified atom stereocenters. The molecule has 1 saturated carbocycles. The van der Waals surface area contributed by atoms with Crippen molar-refractivity contribution in [1.82, 2.24) is 9.97 Å². The van der Waals surface area contributed by atoms with Gasteiger partial charge in [0.2, 0.25) is 0 Å². The normalized spacial score (nSPS) is 16.1. The molecule has 1 fully saturated rings. The van der Waals surface area contributed by atoms with Gasteiger partial charge in [0.05, 0.1) is 18.0 Å². The first-order valence-electron chi connectivity index (χ1n) is 7.05. The monoisotopic (exact) mass is 272 g/mol. The Hall–Kier alpha value is -1.97. The molecule has 2 aromatic heterocycles. The van der Waals surface area contributed by atoms with Crippen LogP contribution >= 0.6 is 0 Å². The highest BCUT2D eigenvalue weighted by Crippen LogP contribution is 2.26. The van der Waals surface area contributed by atoms with Gasteiger partial charge in [-0.2, -0.15) is 0 Å². The molecule has 0 amide bonds. The molecule has 0 atom stereocenters. The van der Waals surface area contributed by atoms with E-state index in [2.05, 4.69) is 9.97 Å². The van der Waals surface area contributed by atoms with E-state index < -0.39 is 0 Å². The lowest BCUT2D eigenvalue weighted by Gasteiger charge is -2.23. The second-order valence-corrected chi connectivity index (χ2v) is 5.15. The van der Waals surface area contributed by atoms with Gasteiger partial charge in [0.15, 0.2) is 0 Å². The molecule has 2 aromatic rings. The molecule has 1 aliphatic carbocycles. The van der Waals surface area contributed by atoms with Gasteiger partial charge in [-0.05, 0) is 37.8 Å². The van der Waals surface area contributed by atoms with Crippen molar-refractivity contribution >= 4 is 0 Å². The molecule has 3 nitrogen and oxygen atoms in total. The second-order valence-electron chi connectivity index (χ2n) is 5.15. The summed E-state index contributed by atoms with van der Waals surface area (Å²) in [6.07, 6.45) is 10.8. The summed E-state index contributed by atoms with van der Waals surface area (Å²) >= 11 is 0. The molecule has 20 heavy (non-hydrogen) atoms. The summed E-state index contributed by atoms with van der Waals surface area (Å²) in [6.45, 7) is 0. The third-order valence-electron chi connectivity index (χ3n) is 3.59. The molecule has 2 heterocycles. The third kappa shape index (κ3) is 3.13. The number of nitrogens with zero attached hydrogens (tertiary/aromatic N) is 2. The van der Waals surface area contributed by atoms with Crippen LogP contribution in [0.1, 0.15) is 32.1 Å². The Morgan fingerprint density at radius 1 is 1.10 bits per heavy atom. The van der Waals surface area contributed by atoms with Crippen LogP contribution < -0.4 is 4.74 Å². The fourth-order valence-electron chi connectivity index (χ4n) is 2.57. The zero-order valence-electron chi connectivity index (χ0n) is 11.3. The summed E-state index contributed by atoms with van der Waals surface area (Å²) < 4.78 is 19.2. The van der Waals surface area contributed by atoms with Gasteiger partial charge >= 0.3 is 0 Å². The van der Waals surface area contributed by atoms with Crippen LogP contribution in [0.3, 0.4) is 0 Å². The Morgan fingerprint density at radius 2 is 1.95 bits per heavy atom. The minimum atomic E-state index is -0.358. The fraction of sp³-hybridized carbons (Fsp3) is 0.375. The molecule has 0 radical (unpaired) electrons. The zero-order chi connectivity index (χ0) is 13.8. The lowest BCUT2D eigenvalue weighted by atomic mass is 9.98. The maximum Gasteiger partial charge on any atom is 0.142 e. The van der Waals surface area contributed by atoms with Gasteiger partial charge in [-0.3, -0.25) is 9.97 Å². The number of ether oxygens (including phenoxy) is 1. The highest BCUT2D eigenvalue weighted by molar-refractivity contribution is 5.59. The van der Waals surface area contributed by atoms with E-state index in [1.807, 2.05) is 12.1 Å². The van der Waals surface area contributed by atoms with Crippen molar-refractivity contribution in [1.29, 1.82) is 0 Å². The van der Waals surface area contributed by atoms with Gasteiger partial charge < -0.3 is 4.74 Å². The van der Waals surface area contributed by atoms with Crippen molar-refractivity contribution in [3.05, 3.63) is 42.6 Å². The fourth-order valence-corrected chi connectivity index (χ4v) is 2.57. The Morgan fingerprint density at radius 3 is 2.75 bits per heavy atom. The number of hydrogen-bond donors (Lipinski definition) is 0. The van der Waals surface area contributed by atoms with Crippen molar-refractivity contribution in [3.63, 3.8) is 0 Å². The molecule has 3 rings (SSSR count). The van der Waals surface area contributed by atoms with E-state index in [1.165, 1.54) is 31.5 Å². The largest absolute Gasteiger partial charge is 0.490 e. The van der Waals surface area contributed by atoms with E-state index in [4.69, 9.17) is 4.74 Å². The Labute approximate surface area is 117 Å². The number of hydrogen-bond acceptors (Lipinski definition) is 3. The first-order chi connectivity index (χ1) is 9.81. The van der Waals surface area contributed by atoms with Gasteiger partial charge in [0.25, 0.3) is 0 Å². The summed E-state index contributed by atoms with van der Waals surface area (Å²) in [5.74, 6) is 0.439. The average Bonchev–Trinajstić information content (AvgIpc) is 2.49. The molecule has 0 aromatic carbocycles. The van der Waals surface area contributed by atoms with E-state index >= 15 is 0 Å². The molecular weight excluding hydrogens is 255 g/mol. The number of pyridine rings is 2. The minimum absolute atomic E-state index is 0.296. The predicted molar refractivity (Wildman–Crippen MR) is 74.9 cm³/mol. The van der Waals surface area contributed by atoms with Gasteiger partial charge in [-0.1, -0.05) is 6.42 Å². The van der Waals surface area contributed by atoms with Crippen LogP contribution in [0.25, 0.3) is 11.3 Å². The van der Waals surface area contributed by atoms with Gasteiger partial charge in [0, 0.05) is 24.0 Å². The van der Waals surface area contributed by atoms with Gasteiger partial charge in [-0.25, -0.2) is 4.39 Å². The number of aromatic nitrogens is 2. The average molecular weight is 272 g/mol. The summed E-state index contributed by atoms with van der Waals surface area (Å²) in [4.78, 5) is 8.11. The summed E-state index contributed by atoms with van der Waals surface area (Å²) in [5.41, 5.74) is 1.35. The summed E-state index contributed by atoms with van der Waals surface area (Å²) in [7, 11) is 0. The standard InChI is InChI=1S/C16H17FN2O/c17-13-8-12(10-18-11-13)16-9-15(6-7-19-16)20-14-4-2-1-3-5-14/h6-11,14H,1-5H2. The Balaban J connectivity index is 1.78. The van der Waals surface area contributed by atoms with Crippen LogP contribution in [-0.4, -0.2) is 16.1 Å². The minimum Gasteiger partial charge on any atom is -0.490 e. The SMILES string of the molecule is Fc1cncc(-c2cc(OC3CCCCC3)ccn2)c1. The van der Waals surface area contributed by atoms with Crippen LogP contribution in [-0.2, 0) is 0 Å². The molecule has 0 saturated heterocycles. The highest BCUT2D eigenvalue weighted by Gasteiger charge is 2.15. The van der Waals surface area contributed by atoms with Crippen molar-refractivity contribution < 1.29 is 9.13 Å². The van der Waals surface area contributed by atoms with Crippen LogP contribution in [0.2, 0.25) is 0 Å². The Kier molecular flexibility index (Phi) is 3.90. The zero-order valence-corrected chi connectivity index (χ0v) is 11.3. The number of rotatable bonds is 3. The smallest absolute Gasteiger partial charge is 0.142 e. The lowest BCUT2D eigenvalue weighted by molar-refractivity contribution is 0.155. The van der Waals surface area contributed by atoms with E-state index in [-0.39, 0.29) is 5.82 Å². The topological polar surface area (TPSA) is 35.0 Å².